The zero-order valence-corrected chi connectivity index (χ0v) is 13.9. The van der Waals surface area contributed by atoms with Gasteiger partial charge in [0.25, 0.3) is 0 Å². The highest BCUT2D eigenvalue weighted by Crippen LogP contribution is 2.26. The summed E-state index contributed by atoms with van der Waals surface area (Å²) in [4.78, 5) is 11.7. The standard InChI is InChI=1S/C17H30N4/c1-4-6-8-10-21(9-7-5-2)16-13-18-11-15-12-19-14(3)20-17(15)16/h12,16,18H,4-11,13H2,1-3H3. The number of nitrogens with one attached hydrogen (secondary N) is 1. The van der Waals surface area contributed by atoms with E-state index in [9.17, 15) is 0 Å². The summed E-state index contributed by atoms with van der Waals surface area (Å²) in [6.07, 6.45) is 8.40. The van der Waals surface area contributed by atoms with Crippen molar-refractivity contribution in [1.82, 2.24) is 20.2 Å². The van der Waals surface area contributed by atoms with E-state index in [1.165, 1.54) is 56.5 Å². The molecule has 1 unspecified atom stereocenters. The Morgan fingerprint density at radius 3 is 2.71 bits per heavy atom. The molecule has 1 N–H and O–H groups in total. The molecule has 1 aromatic rings. The Balaban J connectivity index is 2.13. The Morgan fingerprint density at radius 1 is 1.19 bits per heavy atom. The van der Waals surface area contributed by atoms with Gasteiger partial charge < -0.3 is 5.32 Å². The third-order valence-corrected chi connectivity index (χ3v) is 4.28. The third kappa shape index (κ3) is 4.48. The van der Waals surface area contributed by atoms with Crippen molar-refractivity contribution in [2.75, 3.05) is 19.6 Å². The van der Waals surface area contributed by atoms with Crippen molar-refractivity contribution in [1.29, 1.82) is 0 Å². The predicted octanol–water partition coefficient (Wildman–Crippen LogP) is 3.22. The Kier molecular flexibility index (Phi) is 6.58. The van der Waals surface area contributed by atoms with Gasteiger partial charge in [-0.05, 0) is 32.9 Å². The van der Waals surface area contributed by atoms with Crippen LogP contribution in [-0.2, 0) is 6.54 Å². The second-order valence-electron chi connectivity index (χ2n) is 6.07. The number of hydrogen-bond acceptors (Lipinski definition) is 4. The van der Waals surface area contributed by atoms with Gasteiger partial charge in [-0.2, -0.15) is 0 Å². The molecule has 1 aliphatic heterocycles. The van der Waals surface area contributed by atoms with Crippen LogP contribution in [0.1, 0.15) is 69.1 Å². The molecule has 2 rings (SSSR count). The van der Waals surface area contributed by atoms with Crippen molar-refractivity contribution < 1.29 is 0 Å². The van der Waals surface area contributed by atoms with E-state index in [4.69, 9.17) is 4.98 Å². The maximum absolute atomic E-state index is 4.76. The Morgan fingerprint density at radius 2 is 1.95 bits per heavy atom. The minimum atomic E-state index is 0.416. The van der Waals surface area contributed by atoms with Crippen LogP contribution < -0.4 is 5.32 Å². The van der Waals surface area contributed by atoms with Crippen LogP contribution in [0.15, 0.2) is 6.20 Å². The van der Waals surface area contributed by atoms with Crippen molar-refractivity contribution in [2.45, 2.75) is 65.5 Å². The second-order valence-corrected chi connectivity index (χ2v) is 6.07. The number of rotatable bonds is 8. The molecule has 0 spiro atoms. The summed E-state index contributed by atoms with van der Waals surface area (Å²) in [6, 6.07) is 0.416. The van der Waals surface area contributed by atoms with E-state index in [-0.39, 0.29) is 0 Å². The van der Waals surface area contributed by atoms with Gasteiger partial charge in [0, 0.05) is 24.8 Å². The highest BCUT2D eigenvalue weighted by Gasteiger charge is 2.27. The minimum absolute atomic E-state index is 0.416. The Bertz CT molecular complexity index is 433. The van der Waals surface area contributed by atoms with Crippen molar-refractivity contribution in [3.8, 4) is 0 Å². The quantitative estimate of drug-likeness (QED) is 0.746. The van der Waals surface area contributed by atoms with Gasteiger partial charge >= 0.3 is 0 Å². The van der Waals surface area contributed by atoms with Crippen LogP contribution in [-0.4, -0.2) is 34.5 Å². The SMILES string of the molecule is CCCCCN(CCCC)C1CNCc2cnc(C)nc21. The van der Waals surface area contributed by atoms with Crippen LogP contribution in [0.4, 0.5) is 0 Å². The van der Waals surface area contributed by atoms with Crippen molar-refractivity contribution >= 4 is 0 Å². The van der Waals surface area contributed by atoms with Gasteiger partial charge in [-0.25, -0.2) is 9.97 Å². The molecule has 1 aromatic heterocycles. The molecule has 2 heterocycles. The summed E-state index contributed by atoms with van der Waals surface area (Å²) in [5.41, 5.74) is 2.53. The zero-order chi connectivity index (χ0) is 15.1. The molecule has 0 saturated heterocycles. The molecule has 0 radical (unpaired) electrons. The first kappa shape index (κ1) is 16.4. The maximum Gasteiger partial charge on any atom is 0.125 e. The van der Waals surface area contributed by atoms with Gasteiger partial charge in [0.15, 0.2) is 0 Å². The lowest BCUT2D eigenvalue weighted by Gasteiger charge is -2.35. The van der Waals surface area contributed by atoms with Gasteiger partial charge in [0.1, 0.15) is 5.82 Å². The third-order valence-electron chi connectivity index (χ3n) is 4.28. The number of hydrogen-bond donors (Lipinski definition) is 1. The number of aromatic nitrogens is 2. The summed E-state index contributed by atoms with van der Waals surface area (Å²) in [5.74, 6) is 0.893. The zero-order valence-electron chi connectivity index (χ0n) is 13.9. The molecule has 4 heteroatoms. The summed E-state index contributed by atoms with van der Waals surface area (Å²) >= 11 is 0. The number of fused-ring (bicyclic) bond motifs is 1. The molecule has 0 fully saturated rings. The molecular weight excluding hydrogens is 260 g/mol. The molecule has 0 aromatic carbocycles. The molecule has 0 amide bonds. The molecule has 0 aliphatic carbocycles. The molecule has 4 nitrogen and oxygen atoms in total. The molecule has 0 saturated carbocycles. The van der Waals surface area contributed by atoms with Gasteiger partial charge in [-0.3, -0.25) is 4.90 Å². The first-order valence-corrected chi connectivity index (χ1v) is 8.53. The topological polar surface area (TPSA) is 41.0 Å². The summed E-state index contributed by atoms with van der Waals surface area (Å²) < 4.78 is 0. The van der Waals surface area contributed by atoms with Gasteiger partial charge in [-0.15, -0.1) is 0 Å². The maximum atomic E-state index is 4.76. The largest absolute Gasteiger partial charge is 0.311 e. The number of nitrogens with zero attached hydrogens (tertiary/aromatic N) is 3. The van der Waals surface area contributed by atoms with Gasteiger partial charge in [-0.1, -0.05) is 33.1 Å². The molecule has 118 valence electrons. The average Bonchev–Trinajstić information content (AvgIpc) is 2.50. The van der Waals surface area contributed by atoms with E-state index in [0.717, 1.165) is 18.9 Å². The summed E-state index contributed by atoms with van der Waals surface area (Å²) in [7, 11) is 0. The number of aryl methyl sites for hydroxylation is 1. The normalized spacial score (nSPS) is 18.0. The lowest BCUT2D eigenvalue weighted by molar-refractivity contribution is 0.174. The molecular formula is C17H30N4. The lowest BCUT2D eigenvalue weighted by atomic mass is 10.0. The van der Waals surface area contributed by atoms with Crippen molar-refractivity contribution in [3.05, 3.63) is 23.3 Å². The summed E-state index contributed by atoms with van der Waals surface area (Å²) in [5, 5.41) is 3.54. The molecule has 1 aliphatic rings. The monoisotopic (exact) mass is 290 g/mol. The van der Waals surface area contributed by atoms with E-state index in [2.05, 4.69) is 29.0 Å². The van der Waals surface area contributed by atoms with Gasteiger partial charge in [0.2, 0.25) is 0 Å². The highest BCUT2D eigenvalue weighted by atomic mass is 15.2. The van der Waals surface area contributed by atoms with E-state index in [1.54, 1.807) is 0 Å². The van der Waals surface area contributed by atoms with Crippen LogP contribution in [0.3, 0.4) is 0 Å². The van der Waals surface area contributed by atoms with Crippen molar-refractivity contribution in [2.24, 2.45) is 0 Å². The lowest BCUT2D eigenvalue weighted by Crippen LogP contribution is -2.41. The minimum Gasteiger partial charge on any atom is -0.311 e. The van der Waals surface area contributed by atoms with Crippen LogP contribution in [0.25, 0.3) is 0 Å². The average molecular weight is 290 g/mol. The Labute approximate surface area is 129 Å². The van der Waals surface area contributed by atoms with Crippen LogP contribution in [0, 0.1) is 6.92 Å². The van der Waals surface area contributed by atoms with Crippen LogP contribution in [0.2, 0.25) is 0 Å². The first-order chi connectivity index (χ1) is 10.3. The van der Waals surface area contributed by atoms with E-state index in [1.807, 2.05) is 13.1 Å². The van der Waals surface area contributed by atoms with Crippen LogP contribution in [0.5, 0.6) is 0 Å². The fourth-order valence-corrected chi connectivity index (χ4v) is 3.03. The summed E-state index contributed by atoms with van der Waals surface area (Å²) in [6.45, 7) is 10.8. The predicted molar refractivity (Wildman–Crippen MR) is 87.2 cm³/mol. The van der Waals surface area contributed by atoms with Gasteiger partial charge in [0.05, 0.1) is 11.7 Å². The van der Waals surface area contributed by atoms with E-state index >= 15 is 0 Å². The molecule has 21 heavy (non-hydrogen) atoms. The van der Waals surface area contributed by atoms with E-state index in [0.29, 0.717) is 6.04 Å². The first-order valence-electron chi connectivity index (χ1n) is 8.53. The second kappa shape index (κ2) is 8.44. The fraction of sp³-hybridized carbons (Fsp3) is 0.765. The number of unbranched alkanes of at least 4 members (excludes halogenated alkanes) is 3. The van der Waals surface area contributed by atoms with Crippen LogP contribution >= 0.6 is 0 Å². The van der Waals surface area contributed by atoms with Crippen molar-refractivity contribution in [3.63, 3.8) is 0 Å². The Hall–Kier alpha value is -1.00. The van der Waals surface area contributed by atoms with E-state index < -0.39 is 0 Å². The smallest absolute Gasteiger partial charge is 0.125 e. The highest BCUT2D eigenvalue weighted by molar-refractivity contribution is 5.24. The molecule has 1 atom stereocenters. The molecule has 0 bridgehead atoms. The fourth-order valence-electron chi connectivity index (χ4n) is 3.03.